The molecule has 0 spiro atoms. The molecule has 2 unspecified atom stereocenters. The first-order valence-corrected chi connectivity index (χ1v) is 7.70. The molecule has 2 atom stereocenters. The van der Waals surface area contributed by atoms with Crippen molar-refractivity contribution >= 4 is 29.1 Å². The number of fused-ring (bicyclic) bond motifs is 1. The topological polar surface area (TPSA) is 46.3 Å². The molecule has 118 valence electrons. The maximum Gasteiger partial charge on any atom is 0.254 e. The molecule has 1 heterocycles. The van der Waals surface area contributed by atoms with E-state index in [9.17, 15) is 4.79 Å². The molecule has 2 aromatic carbocycles. The number of hydrogen-bond acceptors (Lipinski definition) is 2. The van der Waals surface area contributed by atoms with E-state index >= 15 is 0 Å². The minimum atomic E-state index is 0. The zero-order chi connectivity index (χ0) is 14.8. The molecule has 3 rings (SSSR count). The summed E-state index contributed by atoms with van der Waals surface area (Å²) < 4.78 is 0. The highest BCUT2D eigenvalue weighted by atomic mass is 35.5. The molecule has 4 heteroatoms. The van der Waals surface area contributed by atoms with Gasteiger partial charge < -0.3 is 10.6 Å². The average Bonchev–Trinajstić information content (AvgIpc) is 2.53. The molecule has 1 aliphatic heterocycles. The third-order valence-corrected chi connectivity index (χ3v) is 4.61. The fourth-order valence-corrected chi connectivity index (χ4v) is 3.35. The number of carbonyl (C=O) groups excluding carboxylic acids is 1. The van der Waals surface area contributed by atoms with Crippen molar-refractivity contribution in [3.8, 4) is 0 Å². The Kier molecular flexibility index (Phi) is 5.43. The molecule has 0 saturated carbocycles. The fourth-order valence-electron chi connectivity index (χ4n) is 3.35. The maximum absolute atomic E-state index is 12.8. The Hall–Kier alpha value is -1.58. The summed E-state index contributed by atoms with van der Waals surface area (Å²) in [6.45, 7) is 3.55. The van der Waals surface area contributed by atoms with Gasteiger partial charge >= 0.3 is 0 Å². The van der Waals surface area contributed by atoms with Crippen LogP contribution in [0.3, 0.4) is 0 Å². The summed E-state index contributed by atoms with van der Waals surface area (Å²) in [5.41, 5.74) is 6.66. The highest BCUT2D eigenvalue weighted by molar-refractivity contribution is 5.98. The largest absolute Gasteiger partial charge is 0.334 e. The Morgan fingerprint density at radius 1 is 1.23 bits per heavy atom. The van der Waals surface area contributed by atoms with E-state index in [4.69, 9.17) is 5.73 Å². The number of likely N-dealkylation sites (tertiary alicyclic amines) is 1. The first kappa shape index (κ1) is 16.8. The van der Waals surface area contributed by atoms with Gasteiger partial charge in [0.05, 0.1) is 0 Å². The van der Waals surface area contributed by atoms with E-state index < -0.39 is 0 Å². The quantitative estimate of drug-likeness (QED) is 0.921. The van der Waals surface area contributed by atoms with E-state index in [2.05, 4.69) is 13.0 Å². The predicted octanol–water partition coefficient (Wildman–Crippen LogP) is 3.46. The number of benzene rings is 2. The molecule has 1 amide bonds. The zero-order valence-electron chi connectivity index (χ0n) is 12.9. The second-order valence-electron chi connectivity index (χ2n) is 5.98. The van der Waals surface area contributed by atoms with Gasteiger partial charge in [-0.15, -0.1) is 12.4 Å². The molecule has 0 aromatic heterocycles. The molecule has 0 aliphatic carbocycles. The molecule has 22 heavy (non-hydrogen) atoms. The number of nitrogens with two attached hydrogens (primary N) is 1. The van der Waals surface area contributed by atoms with E-state index in [1.165, 1.54) is 0 Å². The van der Waals surface area contributed by atoms with Crippen molar-refractivity contribution in [1.82, 2.24) is 4.90 Å². The van der Waals surface area contributed by atoms with Crippen LogP contribution >= 0.6 is 12.4 Å². The molecular weight excluding hydrogens is 296 g/mol. The molecule has 1 saturated heterocycles. The molecule has 2 N–H and O–H groups in total. The van der Waals surface area contributed by atoms with Crippen LogP contribution in [0.15, 0.2) is 42.5 Å². The molecule has 2 aromatic rings. The standard InChI is InChI=1S/C18H22N2O.ClH/c1-13-5-4-10-20(17(13)12-19)18(21)16-9-8-14-6-2-3-7-15(14)11-16;/h2-3,6-9,11,13,17H,4-5,10,12,19H2,1H3;1H. The average molecular weight is 319 g/mol. The third-order valence-electron chi connectivity index (χ3n) is 4.61. The Balaban J connectivity index is 0.00000176. The van der Waals surface area contributed by atoms with Crippen LogP contribution in [0.2, 0.25) is 0 Å². The Bertz CT molecular complexity index is 658. The minimum absolute atomic E-state index is 0. The summed E-state index contributed by atoms with van der Waals surface area (Å²) in [5.74, 6) is 0.593. The molecule has 0 bridgehead atoms. The van der Waals surface area contributed by atoms with E-state index in [0.29, 0.717) is 12.5 Å². The molecule has 3 nitrogen and oxygen atoms in total. The van der Waals surface area contributed by atoms with Gasteiger partial charge in [0.2, 0.25) is 0 Å². The number of carbonyl (C=O) groups is 1. The van der Waals surface area contributed by atoms with Crippen molar-refractivity contribution in [3.05, 3.63) is 48.0 Å². The predicted molar refractivity (Wildman–Crippen MR) is 93.5 cm³/mol. The molecular formula is C18H23ClN2O. The summed E-state index contributed by atoms with van der Waals surface area (Å²) in [6.07, 6.45) is 2.22. The van der Waals surface area contributed by atoms with Crippen LogP contribution in [0, 0.1) is 5.92 Å². The monoisotopic (exact) mass is 318 g/mol. The van der Waals surface area contributed by atoms with E-state index in [1.807, 2.05) is 41.3 Å². The summed E-state index contributed by atoms with van der Waals surface area (Å²) in [7, 11) is 0. The fraction of sp³-hybridized carbons (Fsp3) is 0.389. The van der Waals surface area contributed by atoms with Crippen LogP contribution in [-0.2, 0) is 0 Å². The third kappa shape index (κ3) is 3.11. The van der Waals surface area contributed by atoms with Gasteiger partial charge in [0.15, 0.2) is 0 Å². The minimum Gasteiger partial charge on any atom is -0.334 e. The zero-order valence-corrected chi connectivity index (χ0v) is 13.7. The van der Waals surface area contributed by atoms with Crippen LogP contribution in [0.25, 0.3) is 10.8 Å². The number of halogens is 1. The maximum atomic E-state index is 12.8. The summed E-state index contributed by atoms with van der Waals surface area (Å²) in [6, 6.07) is 14.2. The van der Waals surface area contributed by atoms with Crippen molar-refractivity contribution in [2.24, 2.45) is 11.7 Å². The second kappa shape index (κ2) is 7.12. The lowest BCUT2D eigenvalue weighted by Gasteiger charge is -2.39. The van der Waals surface area contributed by atoms with Gasteiger partial charge in [-0.05, 0) is 41.7 Å². The number of nitrogens with zero attached hydrogens (tertiary/aromatic N) is 1. The van der Waals surface area contributed by atoms with Crippen LogP contribution in [0.5, 0.6) is 0 Å². The summed E-state index contributed by atoms with van der Waals surface area (Å²) in [4.78, 5) is 14.8. The van der Waals surface area contributed by atoms with Gasteiger partial charge in [-0.1, -0.05) is 37.3 Å². The normalized spacial score (nSPS) is 21.5. The second-order valence-corrected chi connectivity index (χ2v) is 5.98. The molecule has 1 aliphatic rings. The van der Waals surface area contributed by atoms with Gasteiger partial charge in [0, 0.05) is 24.7 Å². The lowest BCUT2D eigenvalue weighted by atomic mass is 9.90. The summed E-state index contributed by atoms with van der Waals surface area (Å²) >= 11 is 0. The molecule has 0 radical (unpaired) electrons. The van der Waals surface area contributed by atoms with E-state index in [0.717, 1.165) is 35.7 Å². The van der Waals surface area contributed by atoms with E-state index in [-0.39, 0.29) is 24.4 Å². The number of piperidine rings is 1. The van der Waals surface area contributed by atoms with Crippen LogP contribution in [0.4, 0.5) is 0 Å². The van der Waals surface area contributed by atoms with Gasteiger partial charge in [-0.25, -0.2) is 0 Å². The van der Waals surface area contributed by atoms with Crippen LogP contribution in [-0.4, -0.2) is 29.9 Å². The lowest BCUT2D eigenvalue weighted by Crippen LogP contribution is -2.51. The number of rotatable bonds is 2. The van der Waals surface area contributed by atoms with Gasteiger partial charge in [-0.2, -0.15) is 0 Å². The SMILES string of the molecule is CC1CCCN(C(=O)c2ccc3ccccc3c2)C1CN.Cl. The van der Waals surface area contributed by atoms with Crippen molar-refractivity contribution in [2.75, 3.05) is 13.1 Å². The highest BCUT2D eigenvalue weighted by Crippen LogP contribution is 2.25. The van der Waals surface area contributed by atoms with E-state index in [1.54, 1.807) is 0 Å². The van der Waals surface area contributed by atoms with Crippen molar-refractivity contribution in [3.63, 3.8) is 0 Å². The first-order chi connectivity index (χ1) is 10.2. The lowest BCUT2D eigenvalue weighted by molar-refractivity contribution is 0.0533. The first-order valence-electron chi connectivity index (χ1n) is 7.70. The van der Waals surface area contributed by atoms with Crippen molar-refractivity contribution in [1.29, 1.82) is 0 Å². The Morgan fingerprint density at radius 3 is 2.68 bits per heavy atom. The Labute approximate surface area is 137 Å². The Morgan fingerprint density at radius 2 is 1.95 bits per heavy atom. The van der Waals surface area contributed by atoms with Gasteiger partial charge in [0.1, 0.15) is 0 Å². The number of amides is 1. The van der Waals surface area contributed by atoms with Crippen molar-refractivity contribution in [2.45, 2.75) is 25.8 Å². The van der Waals surface area contributed by atoms with Crippen LogP contribution in [0.1, 0.15) is 30.1 Å². The van der Waals surface area contributed by atoms with Gasteiger partial charge in [0.25, 0.3) is 5.91 Å². The molecule has 1 fully saturated rings. The number of hydrogen-bond donors (Lipinski definition) is 1. The smallest absolute Gasteiger partial charge is 0.254 e. The van der Waals surface area contributed by atoms with Gasteiger partial charge in [-0.3, -0.25) is 4.79 Å². The van der Waals surface area contributed by atoms with Crippen LogP contribution < -0.4 is 5.73 Å². The summed E-state index contributed by atoms with van der Waals surface area (Å²) in [5, 5.41) is 2.27. The highest BCUT2D eigenvalue weighted by Gasteiger charge is 2.31. The van der Waals surface area contributed by atoms with Crippen molar-refractivity contribution < 1.29 is 4.79 Å².